The SMILES string of the molecule is COc1ccc(-c2cn(-c3ccccc3)nc2C(=O)Nc2ccc(NC(C)=O)cc2)cc1OC. The van der Waals surface area contributed by atoms with Crippen LogP contribution in [0.5, 0.6) is 11.5 Å². The molecule has 0 fully saturated rings. The first-order chi connectivity index (χ1) is 16.5. The number of amides is 2. The van der Waals surface area contributed by atoms with Gasteiger partial charge in [-0.05, 0) is 54.1 Å². The fourth-order valence-corrected chi connectivity index (χ4v) is 3.50. The van der Waals surface area contributed by atoms with Crippen molar-refractivity contribution in [2.45, 2.75) is 6.92 Å². The van der Waals surface area contributed by atoms with Gasteiger partial charge in [-0.1, -0.05) is 24.3 Å². The maximum Gasteiger partial charge on any atom is 0.276 e. The maximum atomic E-state index is 13.3. The van der Waals surface area contributed by atoms with Gasteiger partial charge in [0.05, 0.1) is 19.9 Å². The number of rotatable bonds is 7. The lowest BCUT2D eigenvalue weighted by molar-refractivity contribution is -0.114. The van der Waals surface area contributed by atoms with Gasteiger partial charge in [-0.15, -0.1) is 0 Å². The van der Waals surface area contributed by atoms with Crippen LogP contribution in [-0.2, 0) is 4.79 Å². The molecule has 1 aromatic heterocycles. The van der Waals surface area contributed by atoms with E-state index in [4.69, 9.17) is 9.47 Å². The van der Waals surface area contributed by atoms with Crippen molar-refractivity contribution in [3.05, 3.63) is 84.7 Å². The number of nitrogens with one attached hydrogen (secondary N) is 2. The average molecular weight is 457 g/mol. The molecular formula is C26H24N4O4. The molecule has 0 aliphatic carbocycles. The minimum atomic E-state index is -0.369. The highest BCUT2D eigenvalue weighted by Crippen LogP contribution is 2.34. The predicted molar refractivity (Wildman–Crippen MR) is 131 cm³/mol. The highest BCUT2D eigenvalue weighted by molar-refractivity contribution is 6.07. The van der Waals surface area contributed by atoms with E-state index < -0.39 is 0 Å². The van der Waals surface area contributed by atoms with Crippen molar-refractivity contribution in [3.63, 3.8) is 0 Å². The molecule has 0 bridgehead atoms. The Kier molecular flexibility index (Phi) is 6.59. The standard InChI is InChI=1S/C26H24N4O4/c1-17(31)27-19-10-12-20(13-11-19)28-26(32)25-22(16-30(29-25)21-7-5-4-6-8-21)18-9-14-23(33-2)24(15-18)34-3/h4-16H,1-3H3,(H,27,31)(H,28,32). The average Bonchev–Trinajstić information content (AvgIpc) is 3.31. The lowest BCUT2D eigenvalue weighted by Crippen LogP contribution is -2.14. The first-order valence-corrected chi connectivity index (χ1v) is 10.5. The van der Waals surface area contributed by atoms with Gasteiger partial charge in [0, 0.05) is 30.1 Å². The molecule has 0 aliphatic rings. The van der Waals surface area contributed by atoms with Crippen LogP contribution < -0.4 is 20.1 Å². The third-order valence-corrected chi connectivity index (χ3v) is 5.11. The summed E-state index contributed by atoms with van der Waals surface area (Å²) in [6.07, 6.45) is 1.81. The zero-order chi connectivity index (χ0) is 24.1. The number of benzene rings is 3. The molecule has 2 N–H and O–H groups in total. The summed E-state index contributed by atoms with van der Waals surface area (Å²) >= 11 is 0. The van der Waals surface area contributed by atoms with Gasteiger partial charge in [0.15, 0.2) is 17.2 Å². The summed E-state index contributed by atoms with van der Waals surface area (Å²) in [7, 11) is 3.13. The Balaban J connectivity index is 1.71. The molecule has 0 spiro atoms. The molecule has 0 saturated carbocycles. The zero-order valence-corrected chi connectivity index (χ0v) is 19.0. The van der Waals surface area contributed by atoms with Gasteiger partial charge >= 0.3 is 0 Å². The normalized spacial score (nSPS) is 10.4. The van der Waals surface area contributed by atoms with E-state index in [1.54, 1.807) is 49.2 Å². The van der Waals surface area contributed by atoms with Gasteiger partial charge in [-0.3, -0.25) is 9.59 Å². The smallest absolute Gasteiger partial charge is 0.276 e. The number of methoxy groups -OCH3 is 2. The fraction of sp³-hybridized carbons (Fsp3) is 0.115. The first-order valence-electron chi connectivity index (χ1n) is 10.5. The number of para-hydroxylation sites is 1. The van der Waals surface area contributed by atoms with E-state index in [-0.39, 0.29) is 17.5 Å². The Morgan fingerprint density at radius 3 is 2.09 bits per heavy atom. The molecule has 4 rings (SSSR count). The van der Waals surface area contributed by atoms with E-state index in [0.29, 0.717) is 28.4 Å². The summed E-state index contributed by atoms with van der Waals surface area (Å²) in [5, 5.41) is 10.2. The van der Waals surface area contributed by atoms with Crippen molar-refractivity contribution in [3.8, 4) is 28.3 Å². The molecule has 8 nitrogen and oxygen atoms in total. The Hall–Kier alpha value is -4.59. The summed E-state index contributed by atoms with van der Waals surface area (Å²) in [6.45, 7) is 1.44. The van der Waals surface area contributed by atoms with Crippen LogP contribution in [0.2, 0.25) is 0 Å². The first kappa shape index (κ1) is 22.6. The molecule has 1 heterocycles. The van der Waals surface area contributed by atoms with Crippen molar-refractivity contribution >= 4 is 23.2 Å². The van der Waals surface area contributed by atoms with E-state index in [9.17, 15) is 9.59 Å². The van der Waals surface area contributed by atoms with E-state index >= 15 is 0 Å². The molecular weight excluding hydrogens is 432 g/mol. The van der Waals surface area contributed by atoms with Crippen molar-refractivity contribution < 1.29 is 19.1 Å². The molecule has 172 valence electrons. The molecule has 4 aromatic rings. The minimum Gasteiger partial charge on any atom is -0.493 e. The Labute approximate surface area is 197 Å². The Bertz CT molecular complexity index is 1310. The van der Waals surface area contributed by atoms with Crippen LogP contribution in [0, 0.1) is 0 Å². The topological polar surface area (TPSA) is 94.5 Å². The second kappa shape index (κ2) is 9.91. The summed E-state index contributed by atoms with van der Waals surface area (Å²) < 4.78 is 12.4. The van der Waals surface area contributed by atoms with Gasteiger partial charge in [-0.2, -0.15) is 5.10 Å². The fourth-order valence-electron chi connectivity index (χ4n) is 3.50. The largest absolute Gasteiger partial charge is 0.493 e. The quantitative estimate of drug-likeness (QED) is 0.418. The lowest BCUT2D eigenvalue weighted by atomic mass is 10.1. The molecule has 3 aromatic carbocycles. The number of nitrogens with zero attached hydrogens (tertiary/aromatic N) is 2. The number of hydrogen-bond donors (Lipinski definition) is 2. The monoisotopic (exact) mass is 456 g/mol. The van der Waals surface area contributed by atoms with Gasteiger partial charge < -0.3 is 20.1 Å². The highest BCUT2D eigenvalue weighted by Gasteiger charge is 2.20. The van der Waals surface area contributed by atoms with E-state index in [0.717, 1.165) is 11.3 Å². The predicted octanol–water partition coefficient (Wildman–Crippen LogP) is 4.77. The van der Waals surface area contributed by atoms with Crippen LogP contribution in [0.4, 0.5) is 11.4 Å². The van der Waals surface area contributed by atoms with Gasteiger partial charge in [0.1, 0.15) is 0 Å². The van der Waals surface area contributed by atoms with Crippen LogP contribution >= 0.6 is 0 Å². The number of carbonyl (C=O) groups is 2. The molecule has 0 unspecified atom stereocenters. The Morgan fingerprint density at radius 1 is 0.824 bits per heavy atom. The third kappa shape index (κ3) is 4.91. The molecule has 0 aliphatic heterocycles. The van der Waals surface area contributed by atoms with E-state index in [1.165, 1.54) is 6.92 Å². The summed E-state index contributed by atoms with van der Waals surface area (Å²) in [4.78, 5) is 24.5. The summed E-state index contributed by atoms with van der Waals surface area (Å²) in [5.74, 6) is 0.605. The maximum absolute atomic E-state index is 13.3. The second-order valence-corrected chi connectivity index (χ2v) is 7.45. The lowest BCUT2D eigenvalue weighted by Gasteiger charge is -2.10. The molecule has 8 heteroatoms. The van der Waals surface area contributed by atoms with Crippen LogP contribution in [0.1, 0.15) is 17.4 Å². The van der Waals surface area contributed by atoms with Crippen LogP contribution in [-0.4, -0.2) is 35.8 Å². The molecule has 34 heavy (non-hydrogen) atoms. The van der Waals surface area contributed by atoms with Crippen molar-refractivity contribution in [2.24, 2.45) is 0 Å². The van der Waals surface area contributed by atoms with Gasteiger partial charge in [0.2, 0.25) is 5.91 Å². The minimum absolute atomic E-state index is 0.164. The molecule has 2 amide bonds. The number of aromatic nitrogens is 2. The molecule has 0 atom stereocenters. The zero-order valence-electron chi connectivity index (χ0n) is 19.0. The van der Waals surface area contributed by atoms with Crippen LogP contribution in [0.3, 0.4) is 0 Å². The number of anilines is 2. The Morgan fingerprint density at radius 2 is 1.47 bits per heavy atom. The van der Waals surface area contributed by atoms with E-state index in [1.807, 2.05) is 48.7 Å². The second-order valence-electron chi connectivity index (χ2n) is 7.45. The van der Waals surface area contributed by atoms with Crippen LogP contribution in [0.15, 0.2) is 79.0 Å². The van der Waals surface area contributed by atoms with Crippen LogP contribution in [0.25, 0.3) is 16.8 Å². The van der Waals surface area contributed by atoms with Crippen molar-refractivity contribution in [1.82, 2.24) is 9.78 Å². The molecule has 0 radical (unpaired) electrons. The molecule has 0 saturated heterocycles. The van der Waals surface area contributed by atoms with E-state index in [2.05, 4.69) is 15.7 Å². The summed E-state index contributed by atoms with van der Waals surface area (Å²) in [5.41, 5.74) is 3.68. The van der Waals surface area contributed by atoms with Gasteiger partial charge in [0.25, 0.3) is 5.91 Å². The number of hydrogen-bond acceptors (Lipinski definition) is 5. The van der Waals surface area contributed by atoms with Crippen molar-refractivity contribution in [2.75, 3.05) is 24.9 Å². The third-order valence-electron chi connectivity index (χ3n) is 5.11. The van der Waals surface area contributed by atoms with Crippen molar-refractivity contribution in [1.29, 1.82) is 0 Å². The summed E-state index contributed by atoms with van der Waals surface area (Å²) in [6, 6.07) is 21.9. The van der Waals surface area contributed by atoms with Gasteiger partial charge in [-0.25, -0.2) is 4.68 Å². The highest BCUT2D eigenvalue weighted by atomic mass is 16.5. The number of ether oxygens (including phenoxy) is 2. The number of carbonyl (C=O) groups excluding carboxylic acids is 2.